The van der Waals surface area contributed by atoms with E-state index in [1.807, 2.05) is 6.92 Å². The fraction of sp³-hybridized carbons (Fsp3) is 0.462. The molecule has 3 nitrogen and oxygen atoms in total. The number of benzene rings is 1. The van der Waals surface area contributed by atoms with Crippen LogP contribution in [0.1, 0.15) is 36.9 Å². The molecule has 2 atom stereocenters. The molecular weight excluding hydrogens is 238 g/mol. The van der Waals surface area contributed by atoms with Crippen LogP contribution in [0.15, 0.2) is 12.1 Å². The monoisotopic (exact) mass is 256 g/mol. The molecule has 0 aromatic heterocycles. The lowest BCUT2D eigenvalue weighted by Gasteiger charge is -2.17. The normalized spacial score (nSPS) is 14.3. The predicted octanol–water partition coefficient (Wildman–Crippen LogP) is 2.17. The van der Waals surface area contributed by atoms with Crippen molar-refractivity contribution in [2.75, 3.05) is 0 Å². The number of halogens is 2. The lowest BCUT2D eigenvalue weighted by Crippen LogP contribution is -2.20. The largest absolute Gasteiger partial charge is 0.370 e. The maximum atomic E-state index is 13.6. The topological polar surface area (TPSA) is 69.1 Å². The molecule has 0 heterocycles. The highest BCUT2D eigenvalue weighted by molar-refractivity contribution is 5.73. The SMILES string of the molecule is Cc1cc(C(N)CC(C)CC(N)=O)c(F)cc1F. The number of carbonyl (C=O) groups excluding carboxylic acids is 1. The standard InChI is InChI=1S/C13H18F2N2O/c1-7(4-13(17)18)3-12(16)9-5-8(2)10(14)6-11(9)15/h5-7,12H,3-4,16H2,1-2H3,(H2,17,18). The van der Waals surface area contributed by atoms with Crippen molar-refractivity contribution >= 4 is 5.91 Å². The van der Waals surface area contributed by atoms with E-state index in [1.165, 1.54) is 6.07 Å². The van der Waals surface area contributed by atoms with Gasteiger partial charge in [0.15, 0.2) is 0 Å². The summed E-state index contributed by atoms with van der Waals surface area (Å²) in [5.74, 6) is -1.70. The van der Waals surface area contributed by atoms with E-state index in [0.29, 0.717) is 12.0 Å². The van der Waals surface area contributed by atoms with Gasteiger partial charge >= 0.3 is 0 Å². The smallest absolute Gasteiger partial charge is 0.217 e. The first-order valence-corrected chi connectivity index (χ1v) is 5.80. The van der Waals surface area contributed by atoms with Gasteiger partial charge in [-0.25, -0.2) is 8.78 Å². The molecule has 0 aliphatic heterocycles. The summed E-state index contributed by atoms with van der Waals surface area (Å²) in [4.78, 5) is 10.8. The Labute approximate surface area is 105 Å². The van der Waals surface area contributed by atoms with E-state index in [1.54, 1.807) is 6.92 Å². The van der Waals surface area contributed by atoms with Gasteiger partial charge in [-0.05, 0) is 30.9 Å². The van der Waals surface area contributed by atoms with Gasteiger partial charge in [0, 0.05) is 24.1 Å². The second-order valence-electron chi connectivity index (χ2n) is 4.74. The van der Waals surface area contributed by atoms with Gasteiger partial charge in [-0.2, -0.15) is 0 Å². The molecule has 100 valence electrons. The first-order valence-electron chi connectivity index (χ1n) is 5.80. The third kappa shape index (κ3) is 3.77. The van der Waals surface area contributed by atoms with Crippen LogP contribution >= 0.6 is 0 Å². The molecule has 5 heteroatoms. The van der Waals surface area contributed by atoms with Gasteiger partial charge in [-0.15, -0.1) is 0 Å². The molecule has 2 unspecified atom stereocenters. The number of carbonyl (C=O) groups is 1. The average Bonchev–Trinajstić information content (AvgIpc) is 2.21. The lowest BCUT2D eigenvalue weighted by atomic mass is 9.93. The minimum Gasteiger partial charge on any atom is -0.370 e. The van der Waals surface area contributed by atoms with Crippen LogP contribution in [-0.2, 0) is 4.79 Å². The zero-order valence-corrected chi connectivity index (χ0v) is 10.5. The molecule has 0 saturated carbocycles. The molecule has 0 spiro atoms. The molecular formula is C13H18F2N2O. The van der Waals surface area contributed by atoms with Gasteiger partial charge in [0.1, 0.15) is 11.6 Å². The Morgan fingerprint density at radius 2 is 1.94 bits per heavy atom. The minimum atomic E-state index is -0.656. The Balaban J connectivity index is 2.81. The summed E-state index contributed by atoms with van der Waals surface area (Å²) in [5.41, 5.74) is 11.6. The number of primary amides is 1. The van der Waals surface area contributed by atoms with E-state index in [2.05, 4.69) is 0 Å². The summed E-state index contributed by atoms with van der Waals surface area (Å²) < 4.78 is 26.7. The van der Waals surface area contributed by atoms with Crippen LogP contribution in [0.5, 0.6) is 0 Å². The van der Waals surface area contributed by atoms with E-state index in [-0.39, 0.29) is 17.9 Å². The first-order chi connectivity index (χ1) is 8.31. The minimum absolute atomic E-state index is 0.0396. The van der Waals surface area contributed by atoms with Crippen LogP contribution in [0.2, 0.25) is 0 Å². The molecule has 18 heavy (non-hydrogen) atoms. The summed E-state index contributed by atoms with van der Waals surface area (Å²) in [7, 11) is 0. The summed E-state index contributed by atoms with van der Waals surface area (Å²) in [6.07, 6.45) is 0.625. The van der Waals surface area contributed by atoms with Crippen LogP contribution in [0.25, 0.3) is 0 Å². The van der Waals surface area contributed by atoms with Gasteiger partial charge in [0.05, 0.1) is 0 Å². The number of rotatable bonds is 5. The highest BCUT2D eigenvalue weighted by atomic mass is 19.1. The molecule has 4 N–H and O–H groups in total. The summed E-state index contributed by atoms with van der Waals surface area (Å²) in [6.45, 7) is 3.37. The molecule has 0 aliphatic rings. The van der Waals surface area contributed by atoms with Crippen molar-refractivity contribution in [3.63, 3.8) is 0 Å². The molecule has 1 amide bonds. The van der Waals surface area contributed by atoms with Crippen LogP contribution in [0, 0.1) is 24.5 Å². The first kappa shape index (κ1) is 14.6. The van der Waals surface area contributed by atoms with Crippen LogP contribution in [0.4, 0.5) is 8.78 Å². The molecule has 1 aromatic rings. The second kappa shape index (κ2) is 5.91. The third-order valence-electron chi connectivity index (χ3n) is 2.88. The van der Waals surface area contributed by atoms with E-state index in [9.17, 15) is 13.6 Å². The van der Waals surface area contributed by atoms with E-state index >= 15 is 0 Å². The highest BCUT2D eigenvalue weighted by Crippen LogP contribution is 2.25. The summed E-state index contributed by atoms with van der Waals surface area (Å²) in [5, 5.41) is 0. The van der Waals surface area contributed by atoms with E-state index < -0.39 is 23.6 Å². The van der Waals surface area contributed by atoms with Gasteiger partial charge in [-0.1, -0.05) is 6.92 Å². The van der Waals surface area contributed by atoms with Crippen molar-refractivity contribution < 1.29 is 13.6 Å². The average molecular weight is 256 g/mol. The fourth-order valence-electron chi connectivity index (χ4n) is 1.95. The number of hydrogen-bond acceptors (Lipinski definition) is 2. The molecule has 1 rings (SSSR count). The molecule has 0 radical (unpaired) electrons. The maximum Gasteiger partial charge on any atom is 0.217 e. The molecule has 0 bridgehead atoms. The van der Waals surface area contributed by atoms with Gasteiger partial charge < -0.3 is 11.5 Å². The van der Waals surface area contributed by atoms with Crippen molar-refractivity contribution in [2.24, 2.45) is 17.4 Å². The van der Waals surface area contributed by atoms with Crippen LogP contribution in [0.3, 0.4) is 0 Å². The van der Waals surface area contributed by atoms with Crippen molar-refractivity contribution in [1.82, 2.24) is 0 Å². The maximum absolute atomic E-state index is 13.6. The van der Waals surface area contributed by atoms with Crippen LogP contribution in [-0.4, -0.2) is 5.91 Å². The summed E-state index contributed by atoms with van der Waals surface area (Å²) in [6, 6.07) is 1.67. The Bertz CT molecular complexity index is 449. The molecule has 1 aromatic carbocycles. The lowest BCUT2D eigenvalue weighted by molar-refractivity contribution is -0.118. The number of amides is 1. The number of hydrogen-bond donors (Lipinski definition) is 2. The molecule has 0 aliphatic carbocycles. The van der Waals surface area contributed by atoms with Crippen molar-refractivity contribution in [3.8, 4) is 0 Å². The Hall–Kier alpha value is -1.49. The predicted molar refractivity (Wildman–Crippen MR) is 65.6 cm³/mol. The van der Waals surface area contributed by atoms with Crippen LogP contribution < -0.4 is 11.5 Å². The number of nitrogens with two attached hydrogens (primary N) is 2. The summed E-state index contributed by atoms with van der Waals surface area (Å²) >= 11 is 0. The van der Waals surface area contributed by atoms with E-state index in [0.717, 1.165) is 6.07 Å². The number of aryl methyl sites for hydroxylation is 1. The molecule has 0 fully saturated rings. The van der Waals surface area contributed by atoms with Crippen molar-refractivity contribution in [1.29, 1.82) is 0 Å². The zero-order chi connectivity index (χ0) is 13.9. The highest BCUT2D eigenvalue weighted by Gasteiger charge is 2.17. The zero-order valence-electron chi connectivity index (χ0n) is 10.5. The Morgan fingerprint density at radius 1 is 1.33 bits per heavy atom. The van der Waals surface area contributed by atoms with Gasteiger partial charge in [0.25, 0.3) is 0 Å². The van der Waals surface area contributed by atoms with E-state index in [4.69, 9.17) is 11.5 Å². The second-order valence-corrected chi connectivity index (χ2v) is 4.74. The molecule has 0 saturated heterocycles. The van der Waals surface area contributed by atoms with Gasteiger partial charge in [-0.3, -0.25) is 4.79 Å². The third-order valence-corrected chi connectivity index (χ3v) is 2.88. The Kier molecular flexibility index (Phi) is 4.78. The van der Waals surface area contributed by atoms with Gasteiger partial charge in [0.2, 0.25) is 5.91 Å². The fourth-order valence-corrected chi connectivity index (χ4v) is 1.95. The quantitative estimate of drug-likeness (QED) is 0.847. The Morgan fingerprint density at radius 3 is 2.50 bits per heavy atom. The van der Waals surface area contributed by atoms with Crippen molar-refractivity contribution in [3.05, 3.63) is 34.9 Å². The van der Waals surface area contributed by atoms with Crippen molar-refractivity contribution in [2.45, 2.75) is 32.7 Å².